The van der Waals surface area contributed by atoms with E-state index in [1.807, 2.05) is 0 Å². The van der Waals surface area contributed by atoms with Crippen LogP contribution in [0.5, 0.6) is 0 Å². The second-order valence-electron chi connectivity index (χ2n) is 14.6. The van der Waals surface area contributed by atoms with Crippen LogP contribution in [-0.2, 0) is 0 Å². The molecule has 0 aromatic rings. The number of aliphatic hydroxyl groups excluding tert-OH is 2. The minimum Gasteiger partial charge on any atom is -0.393 e. The Morgan fingerprint density at radius 1 is 0.909 bits per heavy atom. The smallest absolute Gasteiger partial charge is 0.0849 e. The van der Waals surface area contributed by atoms with Gasteiger partial charge in [0.1, 0.15) is 0 Å². The topological polar surface area (TPSA) is 60.7 Å². The van der Waals surface area contributed by atoms with Gasteiger partial charge >= 0.3 is 0 Å². The van der Waals surface area contributed by atoms with Crippen LogP contribution >= 0.6 is 0 Å². The summed E-state index contributed by atoms with van der Waals surface area (Å²) in [7, 11) is 0. The van der Waals surface area contributed by atoms with E-state index in [1.165, 1.54) is 50.5 Å². The fraction of sp³-hybridized carbons (Fsp3) is 0.933. The van der Waals surface area contributed by atoms with Gasteiger partial charge in [-0.2, -0.15) is 0 Å². The predicted octanol–water partition coefficient (Wildman–Crippen LogP) is 6.50. The Balaban J connectivity index is 1.55. The van der Waals surface area contributed by atoms with E-state index in [0.29, 0.717) is 40.4 Å². The number of hydrogen-bond acceptors (Lipinski definition) is 3. The maximum Gasteiger partial charge on any atom is 0.0849 e. The summed E-state index contributed by atoms with van der Waals surface area (Å²) in [5.41, 5.74) is 1.28. The Labute approximate surface area is 203 Å². The first kappa shape index (κ1) is 25.7. The summed E-state index contributed by atoms with van der Waals surface area (Å²) in [5.74, 6) is 2.59. The first-order valence-electron chi connectivity index (χ1n) is 13.8. The molecule has 3 nitrogen and oxygen atoms in total. The quantitative estimate of drug-likeness (QED) is 0.410. The molecule has 0 bridgehead atoms. The van der Waals surface area contributed by atoms with Gasteiger partial charge in [-0.05, 0) is 123 Å². The average Bonchev–Trinajstić information content (AvgIpc) is 3.07. The molecule has 0 aromatic carbocycles. The molecule has 190 valence electrons. The number of aliphatic hydroxyl groups is 3. The highest BCUT2D eigenvalue weighted by Crippen LogP contribution is 2.75. The average molecular weight is 461 g/mol. The van der Waals surface area contributed by atoms with Crippen LogP contribution in [0, 0.1) is 45.3 Å². The van der Waals surface area contributed by atoms with E-state index in [1.54, 1.807) is 13.8 Å². The van der Waals surface area contributed by atoms with Gasteiger partial charge in [-0.25, -0.2) is 0 Å². The van der Waals surface area contributed by atoms with E-state index in [0.717, 1.165) is 18.8 Å². The van der Waals surface area contributed by atoms with E-state index < -0.39 is 11.7 Å². The van der Waals surface area contributed by atoms with Crippen LogP contribution in [-0.4, -0.2) is 33.1 Å². The molecule has 4 aliphatic carbocycles. The fourth-order valence-corrected chi connectivity index (χ4v) is 10.1. The molecule has 3 heteroatoms. The Morgan fingerprint density at radius 2 is 1.55 bits per heavy atom. The lowest BCUT2D eigenvalue weighted by atomic mass is 9.35. The minimum atomic E-state index is -1.05. The van der Waals surface area contributed by atoms with Crippen molar-refractivity contribution >= 4 is 0 Å². The largest absolute Gasteiger partial charge is 0.393 e. The monoisotopic (exact) mass is 460 g/mol. The van der Waals surface area contributed by atoms with E-state index in [4.69, 9.17) is 0 Å². The summed E-state index contributed by atoms with van der Waals surface area (Å²) in [6.07, 6.45) is 10.3. The standard InChI is InChI=1S/C30H52O3/c1-19(9-12-25(32)27(4,5)33)20-13-17-29(7)21(20)10-11-23-28(6)16-15-24(31)26(2,3)22(28)14-18-30(23,29)8/h20-25,31-33H,1,9-18H2,2-8H3/t20-,21-,22?,23?,24+,25-,28+,29-,30-/m1/s1. The van der Waals surface area contributed by atoms with Crippen LogP contribution < -0.4 is 0 Å². The lowest BCUT2D eigenvalue weighted by molar-refractivity contribution is -0.220. The SMILES string of the molecule is C=C(CC[C@@H](O)C(C)(C)O)[C@H]1CC[C@]2(C)[C@@H]1CCC1[C@@]3(C)CC[C@H](O)C(C)(C)C3CC[C@]12C. The molecule has 4 rings (SSSR count). The maximum absolute atomic E-state index is 10.8. The summed E-state index contributed by atoms with van der Waals surface area (Å²) in [5, 5.41) is 31.3. The molecule has 0 saturated heterocycles. The summed E-state index contributed by atoms with van der Waals surface area (Å²) < 4.78 is 0. The molecule has 0 heterocycles. The van der Waals surface area contributed by atoms with Gasteiger partial charge in [-0.1, -0.05) is 46.8 Å². The number of rotatable bonds is 5. The van der Waals surface area contributed by atoms with E-state index in [-0.39, 0.29) is 11.5 Å². The Hall–Kier alpha value is -0.380. The van der Waals surface area contributed by atoms with Crippen molar-refractivity contribution in [3.05, 3.63) is 12.2 Å². The summed E-state index contributed by atoms with van der Waals surface area (Å²) >= 11 is 0. The third kappa shape index (κ3) is 3.70. The molecule has 33 heavy (non-hydrogen) atoms. The second kappa shape index (κ2) is 8.07. The predicted molar refractivity (Wildman–Crippen MR) is 136 cm³/mol. The van der Waals surface area contributed by atoms with Crippen molar-refractivity contribution in [1.29, 1.82) is 0 Å². The molecule has 4 saturated carbocycles. The highest BCUT2D eigenvalue weighted by atomic mass is 16.3. The van der Waals surface area contributed by atoms with Gasteiger partial charge < -0.3 is 15.3 Å². The van der Waals surface area contributed by atoms with Gasteiger partial charge in [-0.3, -0.25) is 0 Å². The van der Waals surface area contributed by atoms with Crippen LogP contribution in [0.15, 0.2) is 12.2 Å². The third-order valence-electron chi connectivity index (χ3n) is 12.5. The van der Waals surface area contributed by atoms with Crippen LogP contribution in [0.25, 0.3) is 0 Å². The zero-order valence-electron chi connectivity index (χ0n) is 22.6. The first-order chi connectivity index (χ1) is 15.1. The van der Waals surface area contributed by atoms with Crippen molar-refractivity contribution in [3.63, 3.8) is 0 Å². The van der Waals surface area contributed by atoms with Crippen LogP contribution in [0.1, 0.15) is 113 Å². The van der Waals surface area contributed by atoms with E-state index >= 15 is 0 Å². The van der Waals surface area contributed by atoms with Crippen LogP contribution in [0.4, 0.5) is 0 Å². The van der Waals surface area contributed by atoms with Crippen molar-refractivity contribution in [1.82, 2.24) is 0 Å². The molecular weight excluding hydrogens is 408 g/mol. The Kier molecular flexibility index (Phi) is 6.28. The van der Waals surface area contributed by atoms with Crippen LogP contribution in [0.3, 0.4) is 0 Å². The maximum atomic E-state index is 10.8. The van der Waals surface area contributed by atoms with Gasteiger partial charge in [0.2, 0.25) is 0 Å². The molecule has 2 unspecified atom stereocenters. The van der Waals surface area contributed by atoms with Crippen molar-refractivity contribution < 1.29 is 15.3 Å². The number of allylic oxidation sites excluding steroid dienone is 1. The van der Waals surface area contributed by atoms with Crippen molar-refractivity contribution in [2.24, 2.45) is 45.3 Å². The van der Waals surface area contributed by atoms with Gasteiger partial charge in [-0.15, -0.1) is 0 Å². The third-order valence-corrected chi connectivity index (χ3v) is 12.5. The molecular formula is C30H52O3. The summed E-state index contributed by atoms with van der Waals surface area (Å²) in [6.45, 7) is 20.4. The molecule has 0 aromatic heterocycles. The van der Waals surface area contributed by atoms with Gasteiger partial charge in [0.05, 0.1) is 17.8 Å². The number of fused-ring (bicyclic) bond motifs is 5. The minimum absolute atomic E-state index is 0.0138. The molecule has 4 fully saturated rings. The molecule has 0 radical (unpaired) electrons. The molecule has 0 amide bonds. The lowest BCUT2D eigenvalue weighted by Gasteiger charge is -2.69. The van der Waals surface area contributed by atoms with E-state index in [9.17, 15) is 15.3 Å². The normalized spacial score (nSPS) is 47.9. The molecule has 9 atom stereocenters. The summed E-state index contributed by atoms with van der Waals surface area (Å²) in [6, 6.07) is 0. The Morgan fingerprint density at radius 3 is 2.18 bits per heavy atom. The van der Waals surface area contributed by atoms with Crippen molar-refractivity contribution in [3.8, 4) is 0 Å². The van der Waals surface area contributed by atoms with Gasteiger partial charge in [0.25, 0.3) is 0 Å². The molecule has 3 N–H and O–H groups in total. The fourth-order valence-electron chi connectivity index (χ4n) is 10.1. The van der Waals surface area contributed by atoms with Crippen molar-refractivity contribution in [2.45, 2.75) is 130 Å². The van der Waals surface area contributed by atoms with Gasteiger partial charge in [0, 0.05) is 0 Å². The van der Waals surface area contributed by atoms with Crippen molar-refractivity contribution in [2.75, 3.05) is 0 Å². The molecule has 0 aliphatic heterocycles. The molecule has 4 aliphatic rings. The second-order valence-corrected chi connectivity index (χ2v) is 14.6. The zero-order valence-corrected chi connectivity index (χ0v) is 22.6. The van der Waals surface area contributed by atoms with Crippen LogP contribution in [0.2, 0.25) is 0 Å². The summed E-state index contributed by atoms with van der Waals surface area (Å²) in [4.78, 5) is 0. The van der Waals surface area contributed by atoms with Gasteiger partial charge in [0.15, 0.2) is 0 Å². The number of hydrogen-bond donors (Lipinski definition) is 3. The molecule has 0 spiro atoms. The highest BCUT2D eigenvalue weighted by Gasteiger charge is 2.68. The zero-order chi connectivity index (χ0) is 24.6. The Bertz CT molecular complexity index is 765. The lowest BCUT2D eigenvalue weighted by Crippen LogP contribution is -2.63. The first-order valence-corrected chi connectivity index (χ1v) is 13.8. The highest BCUT2D eigenvalue weighted by molar-refractivity contribution is 5.20. The van der Waals surface area contributed by atoms with E-state index in [2.05, 4.69) is 41.2 Å².